The Morgan fingerprint density at radius 1 is 1.32 bits per heavy atom. The number of amides is 1. The molecule has 5 nitrogen and oxygen atoms in total. The number of rotatable bonds is 5. The zero-order valence-electron chi connectivity index (χ0n) is 14.1. The second kappa shape index (κ2) is 7.49. The van der Waals surface area contributed by atoms with Crippen molar-refractivity contribution < 1.29 is 13.2 Å². The Hall–Kier alpha value is -1.35. The van der Waals surface area contributed by atoms with Crippen molar-refractivity contribution in [3.05, 3.63) is 41.3 Å². The lowest BCUT2D eigenvalue weighted by molar-refractivity contribution is -0.119. The minimum atomic E-state index is -3.63. The van der Waals surface area contributed by atoms with Crippen molar-refractivity contribution in [2.75, 3.05) is 18.1 Å². The summed E-state index contributed by atoms with van der Waals surface area (Å²) >= 11 is 2.83. The van der Waals surface area contributed by atoms with E-state index >= 15 is 0 Å². The Kier molecular flexibility index (Phi) is 5.52. The van der Waals surface area contributed by atoms with Crippen LogP contribution in [0.2, 0.25) is 0 Å². The molecule has 1 aromatic carbocycles. The molecule has 0 spiro atoms. The van der Waals surface area contributed by atoms with Crippen LogP contribution in [0.4, 0.5) is 5.69 Å². The maximum absolute atomic E-state index is 12.9. The molecule has 0 aliphatic carbocycles. The smallest absolute Gasteiger partial charge is 0.253 e. The Morgan fingerprint density at radius 3 is 2.80 bits per heavy atom. The number of carbonyl (C=O) groups excluding carboxylic acids is 1. The van der Waals surface area contributed by atoms with E-state index < -0.39 is 16.1 Å². The molecule has 1 aromatic heterocycles. The van der Waals surface area contributed by atoms with Crippen molar-refractivity contribution in [3.8, 4) is 0 Å². The number of hydrogen-bond acceptors (Lipinski definition) is 5. The molecule has 25 heavy (non-hydrogen) atoms. The first-order valence-electron chi connectivity index (χ1n) is 7.95. The number of nitrogens with zero attached hydrogens (tertiary/aromatic N) is 1. The molecule has 2 aromatic rings. The highest BCUT2D eigenvalue weighted by atomic mass is 32.2. The molecule has 2 heterocycles. The third kappa shape index (κ3) is 3.92. The SMILES string of the molecule is CSc1cccc(NC(=O)C2CCCN2S(=O)(=O)c2ccc(C)s2)c1. The van der Waals surface area contributed by atoms with Crippen LogP contribution in [-0.2, 0) is 14.8 Å². The van der Waals surface area contributed by atoms with Gasteiger partial charge in [-0.25, -0.2) is 8.42 Å². The summed E-state index contributed by atoms with van der Waals surface area (Å²) in [6, 6.07) is 10.3. The predicted molar refractivity (Wildman–Crippen MR) is 103 cm³/mol. The van der Waals surface area contributed by atoms with Gasteiger partial charge in [-0.3, -0.25) is 4.79 Å². The second-order valence-corrected chi connectivity index (χ2v) is 10.1. The Balaban J connectivity index is 1.80. The molecule has 3 rings (SSSR count). The van der Waals surface area contributed by atoms with Crippen LogP contribution in [0.3, 0.4) is 0 Å². The van der Waals surface area contributed by atoms with Crippen LogP contribution in [0, 0.1) is 6.92 Å². The summed E-state index contributed by atoms with van der Waals surface area (Å²) in [4.78, 5) is 14.7. The molecule has 1 amide bonds. The average Bonchev–Trinajstić information content (AvgIpc) is 3.24. The fraction of sp³-hybridized carbons (Fsp3) is 0.353. The van der Waals surface area contributed by atoms with Crippen LogP contribution in [0.25, 0.3) is 0 Å². The Morgan fingerprint density at radius 2 is 2.12 bits per heavy atom. The van der Waals surface area contributed by atoms with Gasteiger partial charge < -0.3 is 5.32 Å². The maximum Gasteiger partial charge on any atom is 0.253 e. The number of carbonyl (C=O) groups is 1. The number of benzene rings is 1. The summed E-state index contributed by atoms with van der Waals surface area (Å²) in [7, 11) is -3.63. The number of sulfonamides is 1. The van der Waals surface area contributed by atoms with Gasteiger partial charge in [0.2, 0.25) is 5.91 Å². The van der Waals surface area contributed by atoms with Gasteiger partial charge in [0.25, 0.3) is 10.0 Å². The van der Waals surface area contributed by atoms with Crippen LogP contribution >= 0.6 is 23.1 Å². The monoisotopic (exact) mass is 396 g/mol. The largest absolute Gasteiger partial charge is 0.325 e. The molecular weight excluding hydrogens is 376 g/mol. The summed E-state index contributed by atoms with van der Waals surface area (Å²) in [6.07, 6.45) is 3.19. The van der Waals surface area contributed by atoms with Crippen molar-refractivity contribution in [1.29, 1.82) is 0 Å². The van der Waals surface area contributed by atoms with Gasteiger partial charge in [0.05, 0.1) is 0 Å². The van der Waals surface area contributed by atoms with Gasteiger partial charge in [0, 0.05) is 22.0 Å². The average molecular weight is 397 g/mol. The van der Waals surface area contributed by atoms with Crippen LogP contribution < -0.4 is 5.32 Å². The molecule has 1 fully saturated rings. The molecule has 1 unspecified atom stereocenters. The molecule has 1 aliphatic rings. The van der Waals surface area contributed by atoms with Crippen molar-refractivity contribution >= 4 is 44.7 Å². The van der Waals surface area contributed by atoms with Gasteiger partial charge in [-0.15, -0.1) is 23.1 Å². The molecule has 1 saturated heterocycles. The van der Waals surface area contributed by atoms with Crippen molar-refractivity contribution in [3.63, 3.8) is 0 Å². The molecule has 134 valence electrons. The van der Waals surface area contributed by atoms with Gasteiger partial charge >= 0.3 is 0 Å². The lowest BCUT2D eigenvalue weighted by Gasteiger charge is -2.22. The third-order valence-electron chi connectivity index (χ3n) is 4.12. The normalized spacial score (nSPS) is 18.4. The van der Waals surface area contributed by atoms with Crippen LogP contribution in [-0.4, -0.2) is 37.5 Å². The van der Waals surface area contributed by atoms with Gasteiger partial charge in [0.15, 0.2) is 0 Å². The highest BCUT2D eigenvalue weighted by Crippen LogP contribution is 2.30. The van der Waals surface area contributed by atoms with Gasteiger partial charge in [-0.2, -0.15) is 4.31 Å². The minimum Gasteiger partial charge on any atom is -0.325 e. The zero-order chi connectivity index (χ0) is 18.0. The number of aryl methyl sites for hydroxylation is 1. The third-order valence-corrected chi connectivity index (χ3v) is 8.22. The van der Waals surface area contributed by atoms with E-state index in [9.17, 15) is 13.2 Å². The first kappa shape index (κ1) is 18.4. The maximum atomic E-state index is 12.9. The molecule has 1 aliphatic heterocycles. The number of thioether (sulfide) groups is 1. The topological polar surface area (TPSA) is 66.5 Å². The van der Waals surface area contributed by atoms with Crippen LogP contribution in [0.15, 0.2) is 45.5 Å². The highest BCUT2D eigenvalue weighted by Gasteiger charge is 2.40. The molecular formula is C17H20N2O3S3. The van der Waals surface area contributed by atoms with Crippen molar-refractivity contribution in [2.45, 2.75) is 34.9 Å². The zero-order valence-corrected chi connectivity index (χ0v) is 16.5. The van der Waals surface area contributed by atoms with E-state index in [1.807, 2.05) is 37.4 Å². The Labute approximate surface area is 156 Å². The lowest BCUT2D eigenvalue weighted by atomic mass is 10.2. The summed E-state index contributed by atoms with van der Waals surface area (Å²) in [6.45, 7) is 2.25. The minimum absolute atomic E-state index is 0.271. The number of anilines is 1. The van der Waals surface area contributed by atoms with Gasteiger partial charge in [-0.05, 0) is 56.4 Å². The van der Waals surface area contributed by atoms with E-state index in [2.05, 4.69) is 5.32 Å². The van der Waals surface area contributed by atoms with E-state index in [1.165, 1.54) is 15.6 Å². The quantitative estimate of drug-likeness (QED) is 0.785. The highest BCUT2D eigenvalue weighted by molar-refractivity contribution is 7.98. The van der Waals surface area contributed by atoms with Crippen molar-refractivity contribution in [2.24, 2.45) is 0 Å². The molecule has 8 heteroatoms. The van der Waals surface area contributed by atoms with Crippen molar-refractivity contribution in [1.82, 2.24) is 4.31 Å². The lowest BCUT2D eigenvalue weighted by Crippen LogP contribution is -2.42. The van der Waals surface area contributed by atoms with E-state index in [0.29, 0.717) is 29.3 Å². The molecule has 0 bridgehead atoms. The second-order valence-electron chi connectivity index (χ2n) is 5.86. The first-order valence-corrected chi connectivity index (χ1v) is 11.4. The molecule has 1 N–H and O–H groups in total. The predicted octanol–water partition coefficient (Wildman–Crippen LogP) is 3.57. The first-order chi connectivity index (χ1) is 11.9. The van der Waals surface area contributed by atoms with Crippen LogP contribution in [0.1, 0.15) is 17.7 Å². The molecule has 0 radical (unpaired) electrons. The standard InChI is InChI=1S/C17H20N2O3S3/c1-12-8-9-16(24-12)25(21,22)19-10-4-7-15(19)17(20)18-13-5-3-6-14(11-13)23-2/h3,5-6,8-9,11,15H,4,7,10H2,1-2H3,(H,18,20). The van der Waals surface area contributed by atoms with Gasteiger partial charge in [0.1, 0.15) is 10.3 Å². The van der Waals surface area contributed by atoms with Gasteiger partial charge in [-0.1, -0.05) is 6.07 Å². The summed E-state index contributed by atoms with van der Waals surface area (Å²) in [5.74, 6) is -0.271. The Bertz CT molecular complexity index is 877. The fourth-order valence-corrected chi connectivity index (χ4v) is 6.41. The summed E-state index contributed by atoms with van der Waals surface area (Å²) in [5.41, 5.74) is 0.688. The number of nitrogens with one attached hydrogen (secondary N) is 1. The fourth-order valence-electron chi connectivity index (χ4n) is 2.88. The number of thiophene rings is 1. The molecule has 0 saturated carbocycles. The molecule has 1 atom stereocenters. The summed E-state index contributed by atoms with van der Waals surface area (Å²) < 4.78 is 27.4. The summed E-state index contributed by atoms with van der Waals surface area (Å²) in [5, 5.41) is 2.86. The number of hydrogen-bond donors (Lipinski definition) is 1. The van der Waals surface area contributed by atoms with E-state index in [1.54, 1.807) is 23.9 Å². The van der Waals surface area contributed by atoms with E-state index in [-0.39, 0.29) is 5.91 Å². The van der Waals surface area contributed by atoms with E-state index in [4.69, 9.17) is 0 Å². The van der Waals surface area contributed by atoms with E-state index in [0.717, 1.165) is 9.77 Å². The van der Waals surface area contributed by atoms with Crippen LogP contribution in [0.5, 0.6) is 0 Å².